The fourth-order valence-corrected chi connectivity index (χ4v) is 2.63. The van der Waals surface area contributed by atoms with E-state index in [0.29, 0.717) is 10.9 Å². The van der Waals surface area contributed by atoms with Crippen LogP contribution in [-0.2, 0) is 14.9 Å². The molecule has 2 aromatic rings. The van der Waals surface area contributed by atoms with Gasteiger partial charge in [-0.3, -0.25) is 4.79 Å². The first-order valence-electron chi connectivity index (χ1n) is 7.29. The maximum atomic E-state index is 12.7. The Morgan fingerprint density at radius 2 is 1.70 bits per heavy atom. The molecule has 0 N–H and O–H groups in total. The van der Waals surface area contributed by atoms with Gasteiger partial charge in [-0.2, -0.15) is 0 Å². The highest BCUT2D eigenvalue weighted by Gasteiger charge is 2.21. The Labute approximate surface area is 144 Å². The van der Waals surface area contributed by atoms with E-state index in [-0.39, 0.29) is 18.0 Å². The predicted octanol–water partition coefficient (Wildman–Crippen LogP) is 4.41. The molecule has 23 heavy (non-hydrogen) atoms. The number of ketones is 1. The quantitative estimate of drug-likeness (QED) is 0.188. The number of halogens is 1. The highest BCUT2D eigenvalue weighted by Crippen LogP contribution is 2.19. The number of Topliss-reactive ketones (excluding diaryl/α,β-unsaturated/α-hetero) is 1. The number of carbonyl (C=O) groups excluding carboxylic acids is 2. The normalized spacial score (nSPS) is 11.1. The van der Waals surface area contributed by atoms with Gasteiger partial charge >= 0.3 is 5.97 Å². The molecule has 3 nitrogen and oxygen atoms in total. The highest BCUT2D eigenvalue weighted by molar-refractivity contribution is 9.08. The topological polar surface area (TPSA) is 43.4 Å². The third kappa shape index (κ3) is 4.39. The summed E-state index contributed by atoms with van der Waals surface area (Å²) in [6.45, 7) is 1.94. The number of ether oxygens (including phenoxy) is 1. The Bertz CT molecular complexity index is 720. The van der Waals surface area contributed by atoms with Gasteiger partial charge in [-0.25, -0.2) is 4.79 Å². The van der Waals surface area contributed by atoms with E-state index in [2.05, 4.69) is 15.9 Å². The van der Waals surface area contributed by atoms with Crippen LogP contribution < -0.4 is 0 Å². The van der Waals surface area contributed by atoms with Crippen LogP contribution in [0, 0.1) is 0 Å². The molecule has 0 radical (unpaired) electrons. The standard InChI is InChI=1S/C19H17BrO3/c1-2-23-19(22)17(18(21)14-8-4-3-5-9-14)12-15-10-6-7-11-16(15)13-20/h3-12H,2,13H2,1H3. The number of alkyl halides is 1. The van der Waals surface area contributed by atoms with Crippen LogP contribution in [0.3, 0.4) is 0 Å². The Morgan fingerprint density at radius 3 is 2.35 bits per heavy atom. The van der Waals surface area contributed by atoms with Crippen LogP contribution in [0.25, 0.3) is 6.08 Å². The monoisotopic (exact) mass is 372 g/mol. The smallest absolute Gasteiger partial charge is 0.342 e. The van der Waals surface area contributed by atoms with E-state index in [9.17, 15) is 9.59 Å². The summed E-state index contributed by atoms with van der Waals surface area (Å²) in [4.78, 5) is 24.9. The molecule has 0 heterocycles. The van der Waals surface area contributed by atoms with Crippen LogP contribution in [0.2, 0.25) is 0 Å². The van der Waals surface area contributed by atoms with Gasteiger partial charge in [0.05, 0.1) is 6.61 Å². The lowest BCUT2D eigenvalue weighted by Gasteiger charge is -2.08. The van der Waals surface area contributed by atoms with Gasteiger partial charge in [0.2, 0.25) is 0 Å². The van der Waals surface area contributed by atoms with Gasteiger partial charge in [0.25, 0.3) is 0 Å². The van der Waals surface area contributed by atoms with Crippen molar-refractivity contribution in [2.24, 2.45) is 0 Å². The minimum absolute atomic E-state index is 0.0338. The first kappa shape index (κ1) is 17.2. The maximum absolute atomic E-state index is 12.7. The van der Waals surface area contributed by atoms with Gasteiger partial charge < -0.3 is 4.74 Å². The Hall–Kier alpha value is -2.20. The lowest BCUT2D eigenvalue weighted by atomic mass is 9.99. The summed E-state index contributed by atoms with van der Waals surface area (Å²) in [5, 5.41) is 0.634. The number of benzene rings is 2. The molecule has 0 aliphatic heterocycles. The number of carbonyl (C=O) groups is 2. The van der Waals surface area contributed by atoms with Crippen molar-refractivity contribution in [1.29, 1.82) is 0 Å². The number of hydrogen-bond acceptors (Lipinski definition) is 3. The average molecular weight is 373 g/mol. The van der Waals surface area contributed by atoms with Crippen molar-refractivity contribution in [2.45, 2.75) is 12.3 Å². The van der Waals surface area contributed by atoms with Crippen molar-refractivity contribution < 1.29 is 14.3 Å². The van der Waals surface area contributed by atoms with Crippen molar-refractivity contribution in [2.75, 3.05) is 6.61 Å². The van der Waals surface area contributed by atoms with Crippen molar-refractivity contribution in [3.05, 3.63) is 76.9 Å². The minimum atomic E-state index is -0.606. The molecule has 0 saturated heterocycles. The molecule has 0 spiro atoms. The summed E-state index contributed by atoms with van der Waals surface area (Å²) in [5.74, 6) is -0.945. The fraction of sp³-hybridized carbons (Fsp3) is 0.158. The Morgan fingerprint density at radius 1 is 1.04 bits per heavy atom. The largest absolute Gasteiger partial charge is 0.462 e. The molecule has 0 aliphatic rings. The SMILES string of the molecule is CCOC(=O)C(=Cc1ccccc1CBr)C(=O)c1ccccc1. The van der Waals surface area contributed by atoms with E-state index in [1.165, 1.54) is 0 Å². The zero-order valence-electron chi connectivity index (χ0n) is 12.8. The molecule has 0 aromatic heterocycles. The maximum Gasteiger partial charge on any atom is 0.342 e. The lowest BCUT2D eigenvalue weighted by molar-refractivity contribution is -0.137. The summed E-state index contributed by atoms with van der Waals surface area (Å²) >= 11 is 3.42. The van der Waals surface area contributed by atoms with Crippen molar-refractivity contribution in [3.8, 4) is 0 Å². The van der Waals surface area contributed by atoms with Crippen LogP contribution in [-0.4, -0.2) is 18.4 Å². The minimum Gasteiger partial charge on any atom is -0.462 e. The van der Waals surface area contributed by atoms with Crippen LogP contribution in [0.15, 0.2) is 60.2 Å². The van der Waals surface area contributed by atoms with Gasteiger partial charge in [-0.05, 0) is 24.1 Å². The molecular weight excluding hydrogens is 356 g/mol. The van der Waals surface area contributed by atoms with Crippen LogP contribution in [0.1, 0.15) is 28.4 Å². The first-order chi connectivity index (χ1) is 11.2. The molecule has 0 bridgehead atoms. The Balaban J connectivity index is 2.48. The molecule has 0 saturated carbocycles. The third-order valence-electron chi connectivity index (χ3n) is 3.27. The first-order valence-corrected chi connectivity index (χ1v) is 8.42. The lowest BCUT2D eigenvalue weighted by Crippen LogP contribution is -2.16. The van der Waals surface area contributed by atoms with Crippen LogP contribution >= 0.6 is 15.9 Å². The molecule has 2 aromatic carbocycles. The van der Waals surface area contributed by atoms with Gasteiger partial charge in [-0.15, -0.1) is 0 Å². The van der Waals surface area contributed by atoms with E-state index < -0.39 is 5.97 Å². The second-order valence-corrected chi connectivity index (χ2v) is 5.37. The zero-order valence-corrected chi connectivity index (χ0v) is 14.4. The highest BCUT2D eigenvalue weighted by atomic mass is 79.9. The van der Waals surface area contributed by atoms with Crippen LogP contribution in [0.5, 0.6) is 0 Å². The van der Waals surface area contributed by atoms with Gasteiger partial charge in [-0.1, -0.05) is 70.5 Å². The second-order valence-electron chi connectivity index (χ2n) is 4.81. The van der Waals surface area contributed by atoms with E-state index in [0.717, 1.165) is 11.1 Å². The number of hydrogen-bond donors (Lipinski definition) is 0. The van der Waals surface area contributed by atoms with Gasteiger partial charge in [0.15, 0.2) is 5.78 Å². The van der Waals surface area contributed by atoms with E-state index in [1.54, 1.807) is 37.3 Å². The Kier molecular flexibility index (Phi) is 6.29. The number of rotatable bonds is 6. The third-order valence-corrected chi connectivity index (χ3v) is 3.88. The van der Waals surface area contributed by atoms with Crippen molar-refractivity contribution in [3.63, 3.8) is 0 Å². The molecule has 0 aliphatic carbocycles. The predicted molar refractivity (Wildman–Crippen MR) is 94.5 cm³/mol. The average Bonchev–Trinajstić information content (AvgIpc) is 2.60. The fourth-order valence-electron chi connectivity index (χ4n) is 2.12. The molecule has 0 fully saturated rings. The number of esters is 1. The van der Waals surface area contributed by atoms with Gasteiger partial charge in [0.1, 0.15) is 5.57 Å². The summed E-state index contributed by atoms with van der Waals surface area (Å²) in [6, 6.07) is 16.3. The van der Waals surface area contributed by atoms with Crippen LogP contribution in [0.4, 0.5) is 0 Å². The molecular formula is C19H17BrO3. The van der Waals surface area contributed by atoms with E-state index >= 15 is 0 Å². The molecule has 118 valence electrons. The van der Waals surface area contributed by atoms with E-state index in [1.807, 2.05) is 30.3 Å². The van der Waals surface area contributed by atoms with E-state index in [4.69, 9.17) is 4.74 Å². The van der Waals surface area contributed by atoms with Crippen molar-refractivity contribution in [1.82, 2.24) is 0 Å². The molecule has 0 unspecified atom stereocenters. The molecule has 0 atom stereocenters. The molecule has 0 amide bonds. The van der Waals surface area contributed by atoms with Crippen molar-refractivity contribution >= 4 is 33.8 Å². The second kappa shape index (κ2) is 8.44. The summed E-state index contributed by atoms with van der Waals surface area (Å²) in [5.41, 5.74) is 2.31. The summed E-state index contributed by atoms with van der Waals surface area (Å²) in [6.07, 6.45) is 1.60. The summed E-state index contributed by atoms with van der Waals surface area (Å²) < 4.78 is 5.05. The molecule has 2 rings (SSSR count). The zero-order chi connectivity index (χ0) is 16.7. The molecule has 4 heteroatoms. The summed E-state index contributed by atoms with van der Waals surface area (Å²) in [7, 11) is 0. The van der Waals surface area contributed by atoms with Gasteiger partial charge in [0, 0.05) is 10.9 Å².